The lowest BCUT2D eigenvalue weighted by Gasteiger charge is -2.37. The molecule has 2 atom stereocenters. The van der Waals surface area contributed by atoms with Crippen molar-refractivity contribution in [3.05, 3.63) is 28.8 Å². The molecule has 2 aliphatic rings. The van der Waals surface area contributed by atoms with E-state index >= 15 is 0 Å². The Balaban J connectivity index is 1.64. The average Bonchev–Trinajstić information content (AvgIpc) is 2.68. The van der Waals surface area contributed by atoms with Crippen molar-refractivity contribution >= 4 is 23.2 Å². The molecule has 2 saturated heterocycles. The summed E-state index contributed by atoms with van der Waals surface area (Å²) in [5.41, 5.74) is 7.78. The Kier molecular flexibility index (Phi) is 4.20. The van der Waals surface area contributed by atoms with Crippen LogP contribution in [0.4, 0.5) is 5.69 Å². The third-order valence-electron chi connectivity index (χ3n) is 4.79. The van der Waals surface area contributed by atoms with Gasteiger partial charge in [-0.3, -0.25) is 9.69 Å². The summed E-state index contributed by atoms with van der Waals surface area (Å²) in [6.45, 7) is 2.37. The van der Waals surface area contributed by atoms with E-state index in [2.05, 4.69) is 10.2 Å². The summed E-state index contributed by atoms with van der Waals surface area (Å²) in [6, 6.07) is 6.83. The molecule has 0 aromatic heterocycles. The fraction of sp³-hybridized carbons (Fsp3) is 0.562. The molecule has 1 aromatic rings. The van der Waals surface area contributed by atoms with E-state index in [9.17, 15) is 4.79 Å². The zero-order valence-electron chi connectivity index (χ0n) is 12.3. The van der Waals surface area contributed by atoms with E-state index in [1.54, 1.807) is 0 Å². The number of nitrogens with zero attached hydrogens (tertiary/aromatic N) is 1. The maximum Gasteiger partial charge on any atom is 0.238 e. The molecule has 3 N–H and O–H groups in total. The van der Waals surface area contributed by atoms with Gasteiger partial charge in [-0.2, -0.15) is 0 Å². The Morgan fingerprint density at radius 2 is 2.05 bits per heavy atom. The summed E-state index contributed by atoms with van der Waals surface area (Å²) in [6.07, 6.45) is 4.36. The number of hydrogen-bond donors (Lipinski definition) is 2. The molecule has 2 unspecified atom stereocenters. The molecule has 1 aromatic carbocycles. The van der Waals surface area contributed by atoms with Gasteiger partial charge >= 0.3 is 0 Å². The summed E-state index contributed by atoms with van der Waals surface area (Å²) in [5.74, 6) is 0.0349. The number of nitrogens with one attached hydrogen (secondary N) is 1. The van der Waals surface area contributed by atoms with Crippen molar-refractivity contribution in [1.29, 1.82) is 0 Å². The van der Waals surface area contributed by atoms with Crippen molar-refractivity contribution in [2.24, 2.45) is 5.73 Å². The van der Waals surface area contributed by atoms with E-state index in [0.717, 1.165) is 24.1 Å². The maximum atomic E-state index is 12.3. The second kappa shape index (κ2) is 5.95. The maximum absolute atomic E-state index is 12.3. The number of halogens is 1. The predicted octanol–water partition coefficient (Wildman–Crippen LogP) is 2.54. The number of carbonyl (C=O) groups excluding carboxylic acids is 1. The average molecular weight is 308 g/mol. The van der Waals surface area contributed by atoms with Crippen LogP contribution in [-0.4, -0.2) is 35.5 Å². The lowest BCUT2D eigenvalue weighted by molar-refractivity contribution is -0.118. The first kappa shape index (κ1) is 14.8. The molecule has 21 heavy (non-hydrogen) atoms. The number of fused-ring (bicyclic) bond motifs is 2. The predicted molar refractivity (Wildman–Crippen MR) is 85.5 cm³/mol. The largest absolute Gasteiger partial charge is 0.328 e. The quantitative estimate of drug-likeness (QED) is 0.902. The summed E-state index contributed by atoms with van der Waals surface area (Å²) in [4.78, 5) is 14.6. The van der Waals surface area contributed by atoms with Crippen LogP contribution in [0.5, 0.6) is 0 Å². The van der Waals surface area contributed by atoms with Crippen LogP contribution in [0.2, 0.25) is 5.02 Å². The van der Waals surface area contributed by atoms with Gasteiger partial charge in [-0.15, -0.1) is 0 Å². The molecule has 0 spiro atoms. The van der Waals surface area contributed by atoms with Gasteiger partial charge in [-0.05, 0) is 50.3 Å². The molecule has 2 heterocycles. The minimum absolute atomic E-state index is 0.0349. The minimum atomic E-state index is 0.0349. The third-order valence-corrected chi connectivity index (χ3v) is 5.20. The van der Waals surface area contributed by atoms with Crippen LogP contribution in [0.25, 0.3) is 0 Å². The van der Waals surface area contributed by atoms with Gasteiger partial charge in [-0.1, -0.05) is 17.7 Å². The van der Waals surface area contributed by atoms with Gasteiger partial charge in [0, 0.05) is 28.8 Å². The fourth-order valence-corrected chi connectivity index (χ4v) is 3.85. The van der Waals surface area contributed by atoms with Gasteiger partial charge < -0.3 is 11.1 Å². The van der Waals surface area contributed by atoms with Crippen molar-refractivity contribution in [3.8, 4) is 0 Å². The van der Waals surface area contributed by atoms with E-state index in [4.69, 9.17) is 17.3 Å². The van der Waals surface area contributed by atoms with Crippen molar-refractivity contribution in [3.63, 3.8) is 0 Å². The highest BCUT2D eigenvalue weighted by Gasteiger charge is 2.40. The number of hydrogen-bond acceptors (Lipinski definition) is 3. The zero-order chi connectivity index (χ0) is 15.0. The van der Waals surface area contributed by atoms with Crippen LogP contribution < -0.4 is 11.1 Å². The third kappa shape index (κ3) is 3.07. The topological polar surface area (TPSA) is 58.4 Å². The monoisotopic (exact) mass is 307 g/mol. The molecular formula is C16H22ClN3O. The summed E-state index contributed by atoms with van der Waals surface area (Å²) < 4.78 is 0. The molecular weight excluding hydrogens is 286 g/mol. The molecule has 1 amide bonds. The SMILES string of the molecule is Cc1c(Cl)cccc1NC(=O)CN1C2CCC1CC(N)C2. The van der Waals surface area contributed by atoms with Crippen LogP contribution in [0.15, 0.2) is 18.2 Å². The van der Waals surface area contributed by atoms with E-state index in [1.165, 1.54) is 12.8 Å². The summed E-state index contributed by atoms with van der Waals surface area (Å²) in [7, 11) is 0. The number of benzene rings is 1. The van der Waals surface area contributed by atoms with Crippen LogP contribution in [0.3, 0.4) is 0 Å². The first-order chi connectivity index (χ1) is 10.0. The molecule has 0 saturated carbocycles. The minimum Gasteiger partial charge on any atom is -0.328 e. The fourth-order valence-electron chi connectivity index (χ4n) is 3.67. The molecule has 3 rings (SSSR count). The summed E-state index contributed by atoms with van der Waals surface area (Å²) >= 11 is 6.09. The van der Waals surface area contributed by atoms with Gasteiger partial charge in [0.25, 0.3) is 0 Å². The Morgan fingerprint density at radius 1 is 1.38 bits per heavy atom. The second-order valence-electron chi connectivity index (χ2n) is 6.25. The smallest absolute Gasteiger partial charge is 0.238 e. The van der Waals surface area contributed by atoms with Crippen molar-refractivity contribution in [2.75, 3.05) is 11.9 Å². The number of nitrogens with two attached hydrogens (primary N) is 1. The number of amides is 1. The Bertz CT molecular complexity index is 534. The molecule has 4 nitrogen and oxygen atoms in total. The molecule has 0 radical (unpaired) electrons. The van der Waals surface area contributed by atoms with E-state index in [-0.39, 0.29) is 5.91 Å². The molecule has 114 valence electrons. The van der Waals surface area contributed by atoms with Crippen LogP contribution >= 0.6 is 11.6 Å². The molecule has 2 bridgehead atoms. The molecule has 2 fully saturated rings. The Labute approximate surface area is 130 Å². The Hall–Kier alpha value is -1.10. The first-order valence-electron chi connectivity index (χ1n) is 7.61. The van der Waals surface area contributed by atoms with E-state index in [0.29, 0.717) is 29.7 Å². The van der Waals surface area contributed by atoms with Gasteiger partial charge in [0.05, 0.1) is 6.54 Å². The van der Waals surface area contributed by atoms with Gasteiger partial charge in [-0.25, -0.2) is 0 Å². The van der Waals surface area contributed by atoms with Gasteiger partial charge in [0.15, 0.2) is 0 Å². The zero-order valence-corrected chi connectivity index (χ0v) is 13.1. The van der Waals surface area contributed by atoms with Gasteiger partial charge in [0.1, 0.15) is 0 Å². The standard InChI is InChI=1S/C16H22ClN3O/c1-10-14(17)3-2-4-15(10)19-16(21)9-20-12-5-6-13(20)8-11(18)7-12/h2-4,11-13H,5-9,18H2,1H3,(H,19,21). The van der Waals surface area contributed by atoms with E-state index in [1.807, 2.05) is 25.1 Å². The summed E-state index contributed by atoms with van der Waals surface area (Å²) in [5, 5.41) is 3.66. The van der Waals surface area contributed by atoms with Crippen LogP contribution in [-0.2, 0) is 4.79 Å². The number of piperidine rings is 1. The highest BCUT2D eigenvalue weighted by Crippen LogP contribution is 2.34. The Morgan fingerprint density at radius 3 is 2.71 bits per heavy atom. The number of carbonyl (C=O) groups is 1. The van der Waals surface area contributed by atoms with Crippen LogP contribution in [0, 0.1) is 6.92 Å². The van der Waals surface area contributed by atoms with Crippen LogP contribution in [0.1, 0.15) is 31.2 Å². The lowest BCUT2D eigenvalue weighted by Crippen LogP contribution is -2.49. The number of anilines is 1. The van der Waals surface area contributed by atoms with Gasteiger partial charge in [0.2, 0.25) is 5.91 Å². The highest BCUT2D eigenvalue weighted by molar-refractivity contribution is 6.31. The molecule has 5 heteroatoms. The second-order valence-corrected chi connectivity index (χ2v) is 6.66. The molecule has 2 aliphatic heterocycles. The first-order valence-corrected chi connectivity index (χ1v) is 7.98. The van der Waals surface area contributed by atoms with Crippen molar-refractivity contribution in [1.82, 2.24) is 4.90 Å². The van der Waals surface area contributed by atoms with Crippen molar-refractivity contribution < 1.29 is 4.79 Å². The highest BCUT2D eigenvalue weighted by atomic mass is 35.5. The van der Waals surface area contributed by atoms with Crippen molar-refractivity contribution in [2.45, 2.75) is 50.7 Å². The van der Waals surface area contributed by atoms with E-state index < -0.39 is 0 Å². The lowest BCUT2D eigenvalue weighted by atomic mass is 9.98. The molecule has 0 aliphatic carbocycles. The normalized spacial score (nSPS) is 28.6. The number of rotatable bonds is 3.